The van der Waals surface area contributed by atoms with Crippen LogP contribution in [0.15, 0.2) is 47.4 Å². The lowest BCUT2D eigenvalue weighted by atomic mass is 9.56. The van der Waals surface area contributed by atoms with Crippen LogP contribution in [0, 0.1) is 23.6 Å². The van der Waals surface area contributed by atoms with Crippen molar-refractivity contribution < 1.29 is 28.7 Å². The molecule has 12 heteroatoms. The molecule has 1 aromatic heterocycles. The van der Waals surface area contributed by atoms with Gasteiger partial charge in [0.15, 0.2) is 21.3 Å². The molecule has 4 aliphatic rings. The molecule has 2 saturated heterocycles. The summed E-state index contributed by atoms with van der Waals surface area (Å²) in [4.78, 5) is 53.3. The Morgan fingerprint density at radius 3 is 2.50 bits per heavy atom. The molecule has 0 bridgehead atoms. The number of benzene rings is 1. The molecule has 6 unspecified atom stereocenters. The fraction of sp³-hybridized carbons (Fsp3) is 0.385. The van der Waals surface area contributed by atoms with Crippen molar-refractivity contribution in [2.45, 2.75) is 35.1 Å². The van der Waals surface area contributed by atoms with Crippen molar-refractivity contribution in [3.8, 4) is 5.75 Å². The summed E-state index contributed by atoms with van der Waals surface area (Å²) in [6.45, 7) is 0.138. The second-order valence-electron chi connectivity index (χ2n) is 10.0. The third-order valence-corrected chi connectivity index (χ3v) is 11.1. The van der Waals surface area contributed by atoms with Crippen LogP contribution in [0.5, 0.6) is 5.75 Å². The fourth-order valence-electron chi connectivity index (χ4n) is 6.64. The van der Waals surface area contributed by atoms with Gasteiger partial charge in [-0.1, -0.05) is 45.8 Å². The zero-order valence-corrected chi connectivity index (χ0v) is 23.5. The highest BCUT2D eigenvalue weighted by Gasteiger charge is 2.76. The number of halogens is 4. The number of rotatable bonds is 4. The van der Waals surface area contributed by atoms with Crippen molar-refractivity contribution in [2.75, 3.05) is 5.45 Å². The Balaban J connectivity index is 1.51. The number of phenolic OH excluding ortho intramolecular Hbond substituents is 1. The number of thiophene rings is 1. The van der Waals surface area contributed by atoms with E-state index in [1.165, 1.54) is 28.4 Å². The molecule has 1 aromatic carbocycles. The Morgan fingerprint density at radius 1 is 1.05 bits per heavy atom. The van der Waals surface area contributed by atoms with Crippen LogP contribution in [0.25, 0.3) is 0 Å². The van der Waals surface area contributed by atoms with Crippen LogP contribution < -0.4 is 0 Å². The molecule has 7 nitrogen and oxygen atoms in total. The zero-order valence-electron chi connectivity index (χ0n) is 19.6. The van der Waals surface area contributed by atoms with Crippen LogP contribution in [0.2, 0.25) is 0 Å². The van der Waals surface area contributed by atoms with Crippen molar-refractivity contribution in [3.63, 3.8) is 0 Å². The number of nitrogens with zero attached hydrogens (tertiary/aromatic N) is 2. The first-order valence-electron chi connectivity index (χ1n) is 11.9. The van der Waals surface area contributed by atoms with E-state index < -0.39 is 56.8 Å². The van der Waals surface area contributed by atoms with E-state index in [4.69, 9.17) is 23.2 Å². The number of carbonyl (C=O) groups excluding carboxylic acids is 4. The van der Waals surface area contributed by atoms with Crippen LogP contribution in [0.1, 0.15) is 29.2 Å². The van der Waals surface area contributed by atoms with Crippen LogP contribution >= 0.6 is 50.5 Å². The lowest BCUT2D eigenvalue weighted by molar-refractivity contribution is -0.141. The number of aromatic hydroxyl groups is 1. The van der Waals surface area contributed by atoms with Gasteiger partial charge >= 0.3 is 0 Å². The van der Waals surface area contributed by atoms with Gasteiger partial charge in [-0.25, -0.2) is 4.39 Å². The summed E-state index contributed by atoms with van der Waals surface area (Å²) in [7, 11) is 0. The minimum Gasteiger partial charge on any atom is -0.505 e. The second-order valence-corrected chi connectivity index (χ2v) is 12.8. The molecule has 0 radical (unpaired) electrons. The van der Waals surface area contributed by atoms with Crippen LogP contribution in [-0.4, -0.2) is 53.7 Å². The van der Waals surface area contributed by atoms with Gasteiger partial charge in [0, 0.05) is 16.4 Å². The minimum atomic E-state index is -2.10. The lowest BCUT2D eigenvalue weighted by Gasteiger charge is -2.50. The molecule has 2 aliphatic carbocycles. The van der Waals surface area contributed by atoms with E-state index >= 15 is 0 Å². The number of hydrogen-bond acceptors (Lipinski definition) is 6. The van der Waals surface area contributed by atoms with Gasteiger partial charge in [-0.05, 0) is 36.3 Å². The largest absolute Gasteiger partial charge is 0.505 e. The van der Waals surface area contributed by atoms with Gasteiger partial charge in [0.05, 0.1) is 23.8 Å². The number of phenols is 1. The average molecular weight is 642 g/mol. The summed E-state index contributed by atoms with van der Waals surface area (Å²) in [6, 6.07) is 7.54. The fourth-order valence-corrected chi connectivity index (χ4v) is 8.75. The smallest absolute Gasteiger partial charge is 0.254 e. The normalized spacial score (nSPS) is 34.4. The molecule has 3 fully saturated rings. The number of alkyl halides is 3. The number of para-hydroxylation sites is 1. The summed E-state index contributed by atoms with van der Waals surface area (Å²) >= 11 is 18.7. The molecule has 1 saturated carbocycles. The summed E-state index contributed by atoms with van der Waals surface area (Å²) in [5.41, 5.74) is 0.316. The molecular formula is C26H20BrCl2FN2O5S. The van der Waals surface area contributed by atoms with Gasteiger partial charge < -0.3 is 5.11 Å². The topological polar surface area (TPSA) is 95.0 Å². The van der Waals surface area contributed by atoms with E-state index in [0.29, 0.717) is 5.57 Å². The second kappa shape index (κ2) is 8.87. The molecular weight excluding hydrogens is 622 g/mol. The van der Waals surface area contributed by atoms with Gasteiger partial charge in [0.25, 0.3) is 11.8 Å². The van der Waals surface area contributed by atoms with Gasteiger partial charge in [-0.2, -0.15) is 0 Å². The van der Waals surface area contributed by atoms with Gasteiger partial charge in [-0.15, -0.1) is 34.5 Å². The summed E-state index contributed by atoms with van der Waals surface area (Å²) in [6.07, 6.45) is 1.77. The molecule has 0 spiro atoms. The predicted molar refractivity (Wildman–Crippen MR) is 141 cm³/mol. The maximum Gasteiger partial charge on any atom is 0.254 e. The van der Waals surface area contributed by atoms with Crippen LogP contribution in [-0.2, 0) is 25.7 Å². The van der Waals surface area contributed by atoms with E-state index in [0.717, 1.165) is 15.8 Å². The van der Waals surface area contributed by atoms with E-state index in [2.05, 4.69) is 15.9 Å². The van der Waals surface area contributed by atoms with Gasteiger partial charge in [0.1, 0.15) is 0 Å². The number of hydrogen-bond donors (Lipinski definition) is 1. The highest BCUT2D eigenvalue weighted by molar-refractivity contribution is 9.09. The molecule has 6 atom stereocenters. The van der Waals surface area contributed by atoms with Gasteiger partial charge in [0.2, 0.25) is 11.8 Å². The maximum absolute atomic E-state index is 14.6. The molecule has 2 aliphatic heterocycles. The Labute approximate surface area is 239 Å². The first kappa shape index (κ1) is 26.0. The Morgan fingerprint density at radius 2 is 1.82 bits per heavy atom. The number of fused-ring (bicyclic) bond motifs is 4. The van der Waals surface area contributed by atoms with Crippen LogP contribution in [0.4, 0.5) is 4.39 Å². The maximum atomic E-state index is 14.6. The molecule has 38 heavy (non-hydrogen) atoms. The quantitative estimate of drug-likeness (QED) is 0.230. The molecule has 6 rings (SSSR count). The van der Waals surface area contributed by atoms with Crippen molar-refractivity contribution in [2.24, 2.45) is 17.8 Å². The van der Waals surface area contributed by atoms with Crippen LogP contribution in [0.3, 0.4) is 0 Å². The SMILES string of the molecule is O=C1C2CC=C3C(CC4(Cl)C(=O)N(CBr)C(=O)C4(Cl)C3c3cccc(F)c3O)C2C(=O)N1Cc1cccs1. The first-order valence-corrected chi connectivity index (χ1v) is 14.7. The summed E-state index contributed by atoms with van der Waals surface area (Å²) in [5, 5.41) is 12.6. The van der Waals surface area contributed by atoms with E-state index in [9.17, 15) is 28.7 Å². The van der Waals surface area contributed by atoms with Crippen molar-refractivity contribution in [3.05, 3.63) is 63.6 Å². The van der Waals surface area contributed by atoms with Crippen molar-refractivity contribution in [1.29, 1.82) is 0 Å². The van der Waals surface area contributed by atoms with Crippen molar-refractivity contribution >= 4 is 74.1 Å². The Hall–Kier alpha value is -2.27. The lowest BCUT2D eigenvalue weighted by Crippen LogP contribution is -2.60. The molecule has 2 aromatic rings. The predicted octanol–water partition coefficient (Wildman–Crippen LogP) is 4.50. The number of allylic oxidation sites excluding steroid dienone is 2. The molecule has 1 N–H and O–H groups in total. The van der Waals surface area contributed by atoms with Crippen molar-refractivity contribution in [1.82, 2.24) is 9.80 Å². The Bertz CT molecular complexity index is 1440. The Kier molecular flexibility index (Phi) is 6.07. The average Bonchev–Trinajstić information content (AvgIpc) is 3.53. The number of likely N-dealkylation sites (tertiary alicyclic amines) is 2. The summed E-state index contributed by atoms with van der Waals surface area (Å²) < 4.78 is 14.6. The minimum absolute atomic E-state index is 0.00999. The number of carbonyl (C=O) groups is 4. The highest BCUT2D eigenvalue weighted by atomic mass is 79.9. The standard InChI is InChI=1S/C26H20BrCl2FN2O5S/c27-11-32-23(36)25(28)9-16-13(19(26(25,29)24(32)37)15-4-1-5-17(30)20(15)33)6-7-14-18(16)22(35)31(21(14)34)10-12-3-2-8-38-12/h1-6,8,14,16,18-19,33H,7,9-11H2. The van der Waals surface area contributed by atoms with E-state index in [1.807, 2.05) is 17.5 Å². The third kappa shape index (κ3) is 3.23. The summed E-state index contributed by atoms with van der Waals surface area (Å²) in [5.74, 6) is -7.31. The molecule has 4 amide bonds. The van der Waals surface area contributed by atoms with Gasteiger partial charge in [-0.3, -0.25) is 29.0 Å². The van der Waals surface area contributed by atoms with E-state index in [1.54, 1.807) is 6.08 Å². The third-order valence-electron chi connectivity index (χ3n) is 8.33. The first-order chi connectivity index (χ1) is 18.1. The number of imide groups is 2. The monoisotopic (exact) mass is 640 g/mol. The molecule has 3 heterocycles. The van der Waals surface area contributed by atoms with E-state index in [-0.39, 0.29) is 42.2 Å². The highest BCUT2D eigenvalue weighted by Crippen LogP contribution is 2.66. The number of amides is 4. The molecule has 198 valence electrons. The zero-order chi connectivity index (χ0) is 27.1.